The molecule has 3 heterocycles. The lowest BCUT2D eigenvalue weighted by Gasteiger charge is -2.17. The number of aryl methyl sites for hydroxylation is 1. The van der Waals surface area contributed by atoms with Crippen molar-refractivity contribution in [1.29, 1.82) is 0 Å². The lowest BCUT2D eigenvalue weighted by atomic mass is 9.99. The highest BCUT2D eigenvalue weighted by molar-refractivity contribution is 7.99. The Balaban J connectivity index is 1.46. The van der Waals surface area contributed by atoms with Gasteiger partial charge in [0, 0.05) is 35.6 Å². The SMILES string of the molecule is CC(C)c1ccccc1-n1c(SCC(=O)c2ccc3c(c2)CCC(=O)N3)nnc1-c1cccnc1. The van der Waals surface area contributed by atoms with Gasteiger partial charge in [-0.25, -0.2) is 0 Å². The van der Waals surface area contributed by atoms with Crippen molar-refractivity contribution in [2.24, 2.45) is 0 Å². The number of para-hydroxylation sites is 1. The normalized spacial score (nSPS) is 12.9. The van der Waals surface area contributed by atoms with Crippen LogP contribution in [0.3, 0.4) is 0 Å². The van der Waals surface area contributed by atoms with Crippen LogP contribution in [-0.2, 0) is 11.2 Å². The molecule has 7 nitrogen and oxygen atoms in total. The first-order valence-corrected chi connectivity index (χ1v) is 12.5. The fourth-order valence-electron chi connectivity index (χ4n) is 4.21. The summed E-state index contributed by atoms with van der Waals surface area (Å²) >= 11 is 1.37. The van der Waals surface area contributed by atoms with E-state index in [1.807, 2.05) is 41.0 Å². The number of nitrogens with zero attached hydrogens (tertiary/aromatic N) is 4. The molecule has 2 aromatic carbocycles. The molecule has 0 bridgehead atoms. The molecule has 1 aliphatic heterocycles. The quantitative estimate of drug-likeness (QED) is 0.283. The molecular weight excluding hydrogens is 458 g/mol. The van der Waals surface area contributed by atoms with Gasteiger partial charge in [-0.15, -0.1) is 10.2 Å². The molecule has 0 atom stereocenters. The summed E-state index contributed by atoms with van der Waals surface area (Å²) in [6, 6.07) is 17.5. The van der Waals surface area contributed by atoms with Crippen LogP contribution in [0.5, 0.6) is 0 Å². The zero-order valence-corrected chi connectivity index (χ0v) is 20.4. The lowest BCUT2D eigenvalue weighted by Crippen LogP contribution is -2.19. The van der Waals surface area contributed by atoms with Gasteiger partial charge in [0.1, 0.15) is 0 Å². The van der Waals surface area contributed by atoms with Crippen molar-refractivity contribution in [2.75, 3.05) is 11.1 Å². The maximum absolute atomic E-state index is 13.1. The van der Waals surface area contributed by atoms with E-state index in [0.29, 0.717) is 35.3 Å². The maximum atomic E-state index is 13.1. The Morgan fingerprint density at radius 2 is 1.94 bits per heavy atom. The third kappa shape index (κ3) is 4.74. The Kier molecular flexibility index (Phi) is 6.46. The fraction of sp³-hybridized carbons (Fsp3) is 0.222. The van der Waals surface area contributed by atoms with E-state index in [2.05, 4.69) is 46.5 Å². The van der Waals surface area contributed by atoms with Gasteiger partial charge in [0.2, 0.25) is 5.91 Å². The molecule has 0 fully saturated rings. The van der Waals surface area contributed by atoms with Gasteiger partial charge in [-0.1, -0.05) is 43.8 Å². The average molecular weight is 484 g/mol. The highest BCUT2D eigenvalue weighted by Crippen LogP contribution is 2.32. The van der Waals surface area contributed by atoms with E-state index < -0.39 is 0 Å². The van der Waals surface area contributed by atoms with Crippen LogP contribution in [0.15, 0.2) is 72.1 Å². The number of hydrogen-bond acceptors (Lipinski definition) is 6. The Bertz CT molecular complexity index is 1400. The summed E-state index contributed by atoms with van der Waals surface area (Å²) in [7, 11) is 0. The topological polar surface area (TPSA) is 89.8 Å². The summed E-state index contributed by atoms with van der Waals surface area (Å²) in [6.45, 7) is 4.31. The smallest absolute Gasteiger partial charge is 0.224 e. The minimum atomic E-state index is 0.00400. The van der Waals surface area contributed by atoms with Crippen molar-refractivity contribution >= 4 is 29.1 Å². The second kappa shape index (κ2) is 9.84. The van der Waals surface area contributed by atoms with Crippen LogP contribution in [0.1, 0.15) is 47.7 Å². The van der Waals surface area contributed by atoms with Gasteiger partial charge >= 0.3 is 0 Å². The minimum absolute atomic E-state index is 0.00400. The first-order chi connectivity index (χ1) is 17.0. The third-order valence-corrected chi connectivity index (χ3v) is 6.94. The van der Waals surface area contributed by atoms with Gasteiger partial charge in [-0.05, 0) is 59.9 Å². The maximum Gasteiger partial charge on any atom is 0.224 e. The van der Waals surface area contributed by atoms with Crippen LogP contribution >= 0.6 is 11.8 Å². The number of thioether (sulfide) groups is 1. The summed E-state index contributed by atoms with van der Waals surface area (Å²) < 4.78 is 2.02. The Morgan fingerprint density at radius 1 is 1.09 bits per heavy atom. The molecule has 1 aliphatic rings. The molecule has 0 saturated carbocycles. The summed E-state index contributed by atoms with van der Waals surface area (Å²) in [6.07, 6.45) is 4.58. The van der Waals surface area contributed by atoms with Gasteiger partial charge in [-0.2, -0.15) is 0 Å². The number of pyridine rings is 1. The van der Waals surface area contributed by atoms with E-state index >= 15 is 0 Å². The van der Waals surface area contributed by atoms with E-state index in [4.69, 9.17) is 0 Å². The largest absolute Gasteiger partial charge is 0.326 e. The predicted molar refractivity (Wildman–Crippen MR) is 137 cm³/mol. The number of anilines is 1. The summed E-state index contributed by atoms with van der Waals surface area (Å²) in [5.41, 5.74) is 5.43. The predicted octanol–water partition coefficient (Wildman–Crippen LogP) is 5.31. The number of amides is 1. The second-order valence-corrected chi connectivity index (χ2v) is 9.67. The fourth-order valence-corrected chi connectivity index (χ4v) is 5.05. The van der Waals surface area contributed by atoms with Crippen molar-refractivity contribution in [3.63, 3.8) is 0 Å². The molecule has 0 radical (unpaired) electrons. The number of ketones is 1. The first kappa shape index (κ1) is 23.0. The lowest BCUT2D eigenvalue weighted by molar-refractivity contribution is -0.116. The van der Waals surface area contributed by atoms with E-state index in [9.17, 15) is 9.59 Å². The summed E-state index contributed by atoms with van der Waals surface area (Å²) in [4.78, 5) is 29.0. The van der Waals surface area contributed by atoms with Gasteiger partial charge in [-0.3, -0.25) is 19.1 Å². The van der Waals surface area contributed by atoms with Crippen molar-refractivity contribution in [3.05, 3.63) is 83.7 Å². The number of Topliss-reactive ketones (excluding diaryl/α,β-unsaturated/α-hetero) is 1. The molecule has 2 aromatic heterocycles. The number of aromatic nitrogens is 4. The summed E-state index contributed by atoms with van der Waals surface area (Å²) in [5.74, 6) is 1.22. The van der Waals surface area contributed by atoms with Crippen LogP contribution in [0.4, 0.5) is 5.69 Å². The molecule has 0 aliphatic carbocycles. The number of nitrogens with one attached hydrogen (secondary N) is 1. The van der Waals surface area contributed by atoms with Gasteiger partial charge < -0.3 is 5.32 Å². The minimum Gasteiger partial charge on any atom is -0.326 e. The van der Waals surface area contributed by atoms with Gasteiger partial charge in [0.25, 0.3) is 0 Å². The van der Waals surface area contributed by atoms with Crippen LogP contribution in [0.2, 0.25) is 0 Å². The van der Waals surface area contributed by atoms with E-state index in [-0.39, 0.29) is 17.4 Å². The number of carbonyl (C=O) groups is 2. The van der Waals surface area contributed by atoms with Crippen molar-refractivity contribution in [3.8, 4) is 17.1 Å². The molecular formula is C27H25N5O2S. The number of benzene rings is 2. The molecule has 0 unspecified atom stereocenters. The van der Waals surface area contributed by atoms with Gasteiger partial charge in [0.05, 0.1) is 11.4 Å². The van der Waals surface area contributed by atoms with E-state index in [0.717, 1.165) is 22.5 Å². The Labute approximate surface area is 208 Å². The number of rotatable bonds is 7. The van der Waals surface area contributed by atoms with Crippen molar-refractivity contribution in [1.82, 2.24) is 19.7 Å². The Hall–Kier alpha value is -3.78. The summed E-state index contributed by atoms with van der Waals surface area (Å²) in [5, 5.41) is 12.4. The molecule has 5 rings (SSSR count). The molecule has 4 aromatic rings. The number of fused-ring (bicyclic) bond motifs is 1. The monoisotopic (exact) mass is 483 g/mol. The van der Waals surface area contributed by atoms with Crippen molar-refractivity contribution < 1.29 is 9.59 Å². The average Bonchev–Trinajstić information content (AvgIpc) is 3.31. The van der Waals surface area contributed by atoms with Crippen LogP contribution in [0, 0.1) is 0 Å². The van der Waals surface area contributed by atoms with Crippen LogP contribution < -0.4 is 5.32 Å². The highest BCUT2D eigenvalue weighted by Gasteiger charge is 2.21. The third-order valence-electron chi connectivity index (χ3n) is 6.01. The van der Waals surface area contributed by atoms with E-state index in [1.165, 1.54) is 17.3 Å². The molecule has 35 heavy (non-hydrogen) atoms. The van der Waals surface area contributed by atoms with E-state index in [1.54, 1.807) is 18.5 Å². The highest BCUT2D eigenvalue weighted by atomic mass is 32.2. The zero-order valence-electron chi connectivity index (χ0n) is 19.6. The molecule has 8 heteroatoms. The number of hydrogen-bond donors (Lipinski definition) is 1. The molecule has 176 valence electrons. The molecule has 0 spiro atoms. The van der Waals surface area contributed by atoms with Crippen molar-refractivity contribution in [2.45, 2.75) is 37.8 Å². The first-order valence-electron chi connectivity index (χ1n) is 11.5. The van der Waals surface area contributed by atoms with Gasteiger partial charge in [0.15, 0.2) is 16.8 Å². The second-order valence-electron chi connectivity index (χ2n) is 8.73. The Morgan fingerprint density at radius 3 is 2.74 bits per heavy atom. The number of carbonyl (C=O) groups excluding carboxylic acids is 2. The molecule has 0 saturated heterocycles. The zero-order chi connectivity index (χ0) is 24.4. The standard InChI is InChI=1S/C27H25N5O2S/c1-17(2)21-7-3-4-8-23(21)32-26(20-6-5-13-28-15-20)30-31-27(32)35-16-24(33)19-9-11-22-18(14-19)10-12-25(34)29-22/h3-9,11,13-15,17H,10,12,16H2,1-2H3,(H,29,34). The molecule has 1 N–H and O–H groups in total. The molecule has 1 amide bonds. The van der Waals surface area contributed by atoms with Crippen LogP contribution in [-0.4, -0.2) is 37.2 Å². The van der Waals surface area contributed by atoms with Crippen LogP contribution in [0.25, 0.3) is 17.1 Å².